The van der Waals surface area contributed by atoms with Crippen LogP contribution in [-0.2, 0) is 14.4 Å². The molecular formula is C20H31N3O3. The first-order chi connectivity index (χ1) is 12.5. The number of carbonyl (C=O) groups excluding carboxylic acids is 3. The summed E-state index contributed by atoms with van der Waals surface area (Å²) in [5.74, 6) is 0.709. The Morgan fingerprint density at radius 1 is 0.808 bits per heavy atom. The maximum absolute atomic E-state index is 13.4. The quantitative estimate of drug-likeness (QED) is 0.749. The number of nitrogens with zero attached hydrogens (tertiary/aromatic N) is 3. The minimum Gasteiger partial charge on any atom is -0.342 e. The number of rotatable bonds is 2. The molecule has 0 aromatic carbocycles. The van der Waals surface area contributed by atoms with Gasteiger partial charge in [0.15, 0.2) is 0 Å². The third kappa shape index (κ3) is 2.91. The molecule has 1 saturated carbocycles. The van der Waals surface area contributed by atoms with Gasteiger partial charge in [0, 0.05) is 58.0 Å². The van der Waals surface area contributed by atoms with Gasteiger partial charge in [-0.2, -0.15) is 0 Å². The Morgan fingerprint density at radius 3 is 2.08 bits per heavy atom. The normalized spacial score (nSPS) is 32.2. The average molecular weight is 361 g/mol. The largest absolute Gasteiger partial charge is 0.342 e. The molecule has 3 saturated heterocycles. The number of fused-ring (bicyclic) bond motifs is 1. The summed E-state index contributed by atoms with van der Waals surface area (Å²) in [5, 5.41) is 0. The van der Waals surface area contributed by atoms with E-state index < -0.39 is 5.41 Å². The molecule has 0 radical (unpaired) electrons. The first kappa shape index (κ1) is 17.8. The van der Waals surface area contributed by atoms with Crippen LogP contribution in [-0.4, -0.2) is 71.7 Å². The Bertz CT molecular complexity index is 595. The summed E-state index contributed by atoms with van der Waals surface area (Å²) in [4.78, 5) is 44.2. The number of hydrogen-bond donors (Lipinski definition) is 0. The van der Waals surface area contributed by atoms with Crippen molar-refractivity contribution < 1.29 is 14.4 Å². The molecule has 3 amide bonds. The van der Waals surface area contributed by atoms with E-state index in [-0.39, 0.29) is 29.6 Å². The van der Waals surface area contributed by atoms with Gasteiger partial charge in [-0.3, -0.25) is 14.4 Å². The molecule has 0 bridgehead atoms. The average Bonchev–Trinajstić information content (AvgIpc) is 3.35. The molecule has 0 aromatic rings. The molecule has 6 nitrogen and oxygen atoms in total. The fourth-order valence-electron chi connectivity index (χ4n) is 5.62. The summed E-state index contributed by atoms with van der Waals surface area (Å²) < 4.78 is 0. The molecule has 2 atom stereocenters. The summed E-state index contributed by atoms with van der Waals surface area (Å²) >= 11 is 0. The molecule has 0 aromatic heterocycles. The first-order valence-corrected chi connectivity index (χ1v) is 10.3. The van der Waals surface area contributed by atoms with E-state index in [2.05, 4.69) is 0 Å². The Hall–Kier alpha value is -1.59. The molecule has 1 aliphatic carbocycles. The van der Waals surface area contributed by atoms with Crippen molar-refractivity contribution >= 4 is 17.7 Å². The van der Waals surface area contributed by atoms with E-state index in [1.807, 2.05) is 14.7 Å². The number of carbonyl (C=O) groups is 3. The van der Waals surface area contributed by atoms with Crippen molar-refractivity contribution in [1.82, 2.24) is 14.7 Å². The standard InChI is InChI=1S/C20H31N3O3/c1-15(24)22-11-17-12-23(18(25)16-7-3-2-4-8-16)14-20(17,13-22)19(26)21-9-5-6-10-21/h16-17H,2-14H2,1H3/t17-,20-/m0/s1. The Labute approximate surface area is 155 Å². The van der Waals surface area contributed by atoms with Gasteiger partial charge in [0.2, 0.25) is 17.7 Å². The lowest BCUT2D eigenvalue weighted by Crippen LogP contribution is -2.49. The van der Waals surface area contributed by atoms with Crippen molar-refractivity contribution in [3.05, 3.63) is 0 Å². The molecule has 6 heteroatoms. The van der Waals surface area contributed by atoms with E-state index in [0.29, 0.717) is 26.2 Å². The topological polar surface area (TPSA) is 60.9 Å². The number of hydrogen-bond acceptors (Lipinski definition) is 3. The van der Waals surface area contributed by atoms with Crippen LogP contribution >= 0.6 is 0 Å². The van der Waals surface area contributed by atoms with E-state index >= 15 is 0 Å². The highest BCUT2D eigenvalue weighted by molar-refractivity contribution is 5.88. The van der Waals surface area contributed by atoms with Gasteiger partial charge in [-0.15, -0.1) is 0 Å². The van der Waals surface area contributed by atoms with Crippen LogP contribution in [0.4, 0.5) is 0 Å². The summed E-state index contributed by atoms with van der Waals surface area (Å²) in [5.41, 5.74) is -0.569. The molecule has 3 heterocycles. The van der Waals surface area contributed by atoms with Gasteiger partial charge in [0.25, 0.3) is 0 Å². The van der Waals surface area contributed by atoms with Crippen molar-refractivity contribution in [2.45, 2.75) is 51.9 Å². The molecule has 4 rings (SSSR count). The SMILES string of the molecule is CC(=O)N1C[C@H]2CN(C(=O)C3CCCCC3)C[C@@]2(C(=O)N2CCCC2)C1. The predicted molar refractivity (Wildman–Crippen MR) is 97.1 cm³/mol. The zero-order valence-electron chi connectivity index (χ0n) is 15.9. The second-order valence-electron chi connectivity index (χ2n) is 8.81. The van der Waals surface area contributed by atoms with Gasteiger partial charge in [-0.1, -0.05) is 19.3 Å². The molecule has 4 fully saturated rings. The second kappa shape index (κ2) is 6.86. The van der Waals surface area contributed by atoms with Gasteiger partial charge >= 0.3 is 0 Å². The van der Waals surface area contributed by atoms with Crippen molar-refractivity contribution in [2.24, 2.45) is 17.3 Å². The zero-order chi connectivity index (χ0) is 18.3. The van der Waals surface area contributed by atoms with Crippen LogP contribution in [0.3, 0.4) is 0 Å². The van der Waals surface area contributed by atoms with Gasteiger partial charge in [-0.25, -0.2) is 0 Å². The first-order valence-electron chi connectivity index (χ1n) is 10.3. The molecule has 0 unspecified atom stereocenters. The third-order valence-electron chi connectivity index (χ3n) is 7.14. The zero-order valence-corrected chi connectivity index (χ0v) is 15.9. The Balaban J connectivity index is 1.54. The number of likely N-dealkylation sites (tertiary alicyclic amines) is 3. The monoisotopic (exact) mass is 361 g/mol. The smallest absolute Gasteiger partial charge is 0.232 e. The van der Waals surface area contributed by atoms with E-state index in [4.69, 9.17) is 0 Å². The lowest BCUT2D eigenvalue weighted by Gasteiger charge is -2.33. The van der Waals surface area contributed by atoms with Crippen LogP contribution in [0.1, 0.15) is 51.9 Å². The molecule has 144 valence electrons. The van der Waals surface area contributed by atoms with E-state index in [1.165, 1.54) is 6.42 Å². The molecule has 26 heavy (non-hydrogen) atoms. The van der Waals surface area contributed by atoms with Gasteiger partial charge in [-0.05, 0) is 25.7 Å². The lowest BCUT2D eigenvalue weighted by atomic mass is 9.79. The second-order valence-corrected chi connectivity index (χ2v) is 8.81. The van der Waals surface area contributed by atoms with Gasteiger partial charge in [0.05, 0.1) is 5.41 Å². The highest BCUT2D eigenvalue weighted by Crippen LogP contribution is 2.45. The molecule has 3 aliphatic heterocycles. The summed E-state index contributed by atoms with van der Waals surface area (Å²) in [6.45, 7) is 5.47. The number of amides is 3. The van der Waals surface area contributed by atoms with Crippen LogP contribution < -0.4 is 0 Å². The van der Waals surface area contributed by atoms with Gasteiger partial charge < -0.3 is 14.7 Å². The van der Waals surface area contributed by atoms with Gasteiger partial charge in [0.1, 0.15) is 0 Å². The minimum atomic E-state index is -0.569. The maximum Gasteiger partial charge on any atom is 0.232 e. The van der Waals surface area contributed by atoms with E-state index in [1.54, 1.807) is 6.92 Å². The van der Waals surface area contributed by atoms with Crippen molar-refractivity contribution in [3.63, 3.8) is 0 Å². The van der Waals surface area contributed by atoms with Crippen LogP contribution in [0, 0.1) is 17.3 Å². The predicted octanol–water partition coefficient (Wildman–Crippen LogP) is 1.50. The van der Waals surface area contributed by atoms with Crippen LogP contribution in [0.5, 0.6) is 0 Å². The van der Waals surface area contributed by atoms with E-state index in [9.17, 15) is 14.4 Å². The van der Waals surface area contributed by atoms with Crippen LogP contribution in [0.15, 0.2) is 0 Å². The van der Waals surface area contributed by atoms with Crippen LogP contribution in [0.2, 0.25) is 0 Å². The minimum absolute atomic E-state index is 0.0400. The van der Waals surface area contributed by atoms with Crippen molar-refractivity contribution in [1.29, 1.82) is 0 Å². The lowest BCUT2D eigenvalue weighted by molar-refractivity contribution is -0.142. The third-order valence-corrected chi connectivity index (χ3v) is 7.14. The fourth-order valence-corrected chi connectivity index (χ4v) is 5.62. The maximum atomic E-state index is 13.4. The summed E-state index contributed by atoms with van der Waals surface area (Å²) in [7, 11) is 0. The van der Waals surface area contributed by atoms with Crippen molar-refractivity contribution in [3.8, 4) is 0 Å². The Morgan fingerprint density at radius 2 is 1.42 bits per heavy atom. The highest BCUT2D eigenvalue weighted by Gasteiger charge is 2.60. The molecule has 0 N–H and O–H groups in total. The molecule has 4 aliphatic rings. The highest BCUT2D eigenvalue weighted by atomic mass is 16.2. The molecular weight excluding hydrogens is 330 g/mol. The van der Waals surface area contributed by atoms with Crippen molar-refractivity contribution in [2.75, 3.05) is 39.3 Å². The summed E-state index contributed by atoms with van der Waals surface area (Å²) in [6, 6.07) is 0. The Kier molecular flexibility index (Phi) is 4.70. The van der Waals surface area contributed by atoms with E-state index in [0.717, 1.165) is 51.6 Å². The van der Waals surface area contributed by atoms with Crippen LogP contribution in [0.25, 0.3) is 0 Å². The molecule has 0 spiro atoms. The fraction of sp³-hybridized carbons (Fsp3) is 0.850. The summed E-state index contributed by atoms with van der Waals surface area (Å²) in [6.07, 6.45) is 7.63.